The van der Waals surface area contributed by atoms with Crippen LogP contribution in [0.5, 0.6) is 0 Å². The molecule has 9 heteroatoms. The van der Waals surface area contributed by atoms with Gasteiger partial charge in [-0.15, -0.1) is 0 Å². The Bertz CT molecular complexity index is 1690. The molecule has 1 atom stereocenters. The molecular formula is C31H28BrCl2N5O. The summed E-state index contributed by atoms with van der Waals surface area (Å²) in [5.41, 5.74) is 5.83. The highest BCUT2D eigenvalue weighted by molar-refractivity contribution is 9.10. The summed E-state index contributed by atoms with van der Waals surface area (Å²) < 4.78 is 2.79. The van der Waals surface area contributed by atoms with Gasteiger partial charge in [-0.3, -0.25) is 4.79 Å². The number of amides is 1. The number of carbonyl (C=O) groups is 1. The Morgan fingerprint density at radius 3 is 2.48 bits per heavy atom. The Balaban J connectivity index is 1.58. The van der Waals surface area contributed by atoms with Gasteiger partial charge in [0.15, 0.2) is 4.73 Å². The van der Waals surface area contributed by atoms with Gasteiger partial charge in [0.1, 0.15) is 5.69 Å². The first kappa shape index (κ1) is 27.1. The molecule has 0 bridgehead atoms. The monoisotopic (exact) mass is 635 g/mol. The Morgan fingerprint density at radius 1 is 1.05 bits per heavy atom. The molecule has 0 saturated carbocycles. The number of likely N-dealkylation sites (tertiary alicyclic amines) is 1. The SMILES string of the molecule is CN(C)[C@H]1CCN(C(=O)c2[nH]c3cc(Cl)ccc3c2-c2c(-c3ccccc3)nc(Br)n2Cc2ccc(Cl)cc2)C1. The molecule has 0 unspecified atom stereocenters. The van der Waals surface area contributed by atoms with E-state index in [1.165, 1.54) is 0 Å². The normalized spacial score (nSPS) is 15.4. The molecule has 0 radical (unpaired) electrons. The van der Waals surface area contributed by atoms with Gasteiger partial charge in [0.2, 0.25) is 0 Å². The fourth-order valence-electron chi connectivity index (χ4n) is 5.47. The Kier molecular flexibility index (Phi) is 7.48. The number of halogens is 3. The summed E-state index contributed by atoms with van der Waals surface area (Å²) in [5.74, 6) is -0.0268. The van der Waals surface area contributed by atoms with Crippen LogP contribution < -0.4 is 0 Å². The molecule has 0 aliphatic carbocycles. The number of H-pyrrole nitrogens is 1. The van der Waals surface area contributed by atoms with Gasteiger partial charge in [-0.05, 0) is 66.3 Å². The van der Waals surface area contributed by atoms with Gasteiger partial charge in [-0.1, -0.05) is 71.7 Å². The molecule has 3 heterocycles. The molecule has 0 spiro atoms. The van der Waals surface area contributed by atoms with E-state index in [4.69, 9.17) is 28.2 Å². The second-order valence-electron chi connectivity index (χ2n) is 10.4. The van der Waals surface area contributed by atoms with Gasteiger partial charge in [-0.25, -0.2) is 4.98 Å². The summed E-state index contributed by atoms with van der Waals surface area (Å²) >= 11 is 16.3. The average Bonchev–Trinajstić information content (AvgIpc) is 3.66. The molecule has 2 aromatic heterocycles. The number of aromatic amines is 1. The number of hydrogen-bond acceptors (Lipinski definition) is 3. The van der Waals surface area contributed by atoms with Crippen LogP contribution in [0.1, 0.15) is 22.5 Å². The maximum atomic E-state index is 14.2. The van der Waals surface area contributed by atoms with Crippen LogP contribution in [0.3, 0.4) is 0 Å². The van der Waals surface area contributed by atoms with Crippen molar-refractivity contribution < 1.29 is 4.79 Å². The molecule has 1 aliphatic heterocycles. The molecule has 1 amide bonds. The number of carbonyl (C=O) groups excluding carboxylic acids is 1. The molecule has 1 fully saturated rings. The van der Waals surface area contributed by atoms with Crippen LogP contribution >= 0.6 is 39.1 Å². The molecule has 6 nitrogen and oxygen atoms in total. The van der Waals surface area contributed by atoms with Gasteiger partial charge in [-0.2, -0.15) is 0 Å². The Labute approximate surface area is 251 Å². The van der Waals surface area contributed by atoms with E-state index >= 15 is 0 Å². The second kappa shape index (κ2) is 11.1. The zero-order valence-electron chi connectivity index (χ0n) is 22.2. The van der Waals surface area contributed by atoms with E-state index in [0.29, 0.717) is 46.1 Å². The number of likely N-dealkylation sites (N-methyl/N-ethyl adjacent to an activating group) is 1. The maximum Gasteiger partial charge on any atom is 0.271 e. The fourth-order valence-corrected chi connectivity index (χ4v) is 6.25. The van der Waals surface area contributed by atoms with E-state index in [-0.39, 0.29) is 5.91 Å². The van der Waals surface area contributed by atoms with E-state index in [1.54, 1.807) is 0 Å². The van der Waals surface area contributed by atoms with Crippen LogP contribution in [-0.4, -0.2) is 63.5 Å². The Hall–Kier alpha value is -3.10. The van der Waals surface area contributed by atoms with Crippen LogP contribution in [0.25, 0.3) is 33.4 Å². The van der Waals surface area contributed by atoms with Crippen LogP contribution in [0.2, 0.25) is 10.0 Å². The van der Waals surface area contributed by atoms with Crippen molar-refractivity contribution in [1.82, 2.24) is 24.3 Å². The van der Waals surface area contributed by atoms with Gasteiger partial charge in [0, 0.05) is 51.2 Å². The second-order valence-corrected chi connectivity index (χ2v) is 12.0. The lowest BCUT2D eigenvalue weighted by atomic mass is 10.0. The first-order chi connectivity index (χ1) is 19.3. The minimum absolute atomic E-state index is 0.0268. The average molecular weight is 637 g/mol. The number of imidazole rings is 1. The number of aromatic nitrogens is 3. The molecule has 204 valence electrons. The van der Waals surface area contributed by atoms with Gasteiger partial charge >= 0.3 is 0 Å². The fraction of sp³-hybridized carbons (Fsp3) is 0.226. The summed E-state index contributed by atoms with van der Waals surface area (Å²) in [6, 6.07) is 23.9. The summed E-state index contributed by atoms with van der Waals surface area (Å²) in [5, 5.41) is 2.20. The lowest BCUT2D eigenvalue weighted by Gasteiger charge is -2.21. The highest BCUT2D eigenvalue weighted by atomic mass is 79.9. The van der Waals surface area contributed by atoms with Crippen molar-refractivity contribution in [3.63, 3.8) is 0 Å². The van der Waals surface area contributed by atoms with E-state index in [1.807, 2.05) is 77.7 Å². The minimum Gasteiger partial charge on any atom is -0.350 e. The van der Waals surface area contributed by atoms with Crippen molar-refractivity contribution in [3.05, 3.63) is 98.8 Å². The van der Waals surface area contributed by atoms with E-state index in [0.717, 1.165) is 45.4 Å². The van der Waals surface area contributed by atoms with Crippen LogP contribution in [-0.2, 0) is 6.54 Å². The van der Waals surface area contributed by atoms with E-state index in [9.17, 15) is 4.79 Å². The van der Waals surface area contributed by atoms with Crippen molar-refractivity contribution >= 4 is 55.9 Å². The van der Waals surface area contributed by atoms with Crippen molar-refractivity contribution in [2.24, 2.45) is 0 Å². The third-order valence-electron chi connectivity index (χ3n) is 7.61. The van der Waals surface area contributed by atoms with Crippen molar-refractivity contribution in [2.45, 2.75) is 19.0 Å². The standard InChI is InChI=1S/C31H28BrCl2N5O/c1-37(2)23-14-15-38(18-23)30(40)28-26(24-13-12-22(34)16-25(24)35-28)29-27(20-6-4-3-5-7-20)36-31(32)39(29)17-19-8-10-21(33)11-9-19/h3-13,16,23,35H,14-15,17-18H2,1-2H3/t23-/m0/s1. The van der Waals surface area contributed by atoms with Crippen LogP contribution in [0, 0.1) is 0 Å². The number of fused-ring (bicyclic) bond motifs is 1. The molecule has 40 heavy (non-hydrogen) atoms. The predicted octanol–water partition coefficient (Wildman–Crippen LogP) is 7.59. The predicted molar refractivity (Wildman–Crippen MR) is 166 cm³/mol. The zero-order valence-corrected chi connectivity index (χ0v) is 25.3. The first-order valence-corrected chi connectivity index (χ1v) is 14.7. The van der Waals surface area contributed by atoms with Gasteiger partial charge in [0.25, 0.3) is 5.91 Å². The Morgan fingerprint density at radius 2 is 1.77 bits per heavy atom. The zero-order chi connectivity index (χ0) is 28.0. The minimum atomic E-state index is -0.0268. The van der Waals surface area contributed by atoms with Gasteiger partial charge in [0.05, 0.1) is 17.9 Å². The molecule has 3 aromatic carbocycles. The third kappa shape index (κ3) is 5.07. The van der Waals surface area contributed by atoms with Gasteiger partial charge < -0.3 is 19.4 Å². The smallest absolute Gasteiger partial charge is 0.271 e. The molecule has 1 saturated heterocycles. The highest BCUT2D eigenvalue weighted by Crippen LogP contribution is 2.42. The number of nitrogens with one attached hydrogen (secondary N) is 1. The summed E-state index contributed by atoms with van der Waals surface area (Å²) in [6.45, 7) is 1.92. The van der Waals surface area contributed by atoms with E-state index in [2.05, 4.69) is 44.5 Å². The number of rotatable bonds is 6. The maximum absolute atomic E-state index is 14.2. The quantitative estimate of drug-likeness (QED) is 0.209. The topological polar surface area (TPSA) is 57.2 Å². The van der Waals surface area contributed by atoms with Crippen LogP contribution in [0.15, 0.2) is 77.5 Å². The third-order valence-corrected chi connectivity index (χ3v) is 8.71. The summed E-state index contributed by atoms with van der Waals surface area (Å²) in [4.78, 5) is 26.8. The molecular weight excluding hydrogens is 609 g/mol. The molecule has 6 rings (SSSR count). The molecule has 1 aliphatic rings. The molecule has 5 aromatic rings. The summed E-state index contributed by atoms with van der Waals surface area (Å²) in [6.07, 6.45) is 0.940. The van der Waals surface area contributed by atoms with Crippen molar-refractivity contribution in [2.75, 3.05) is 27.2 Å². The largest absolute Gasteiger partial charge is 0.350 e. The van der Waals surface area contributed by atoms with Crippen LogP contribution in [0.4, 0.5) is 0 Å². The lowest BCUT2D eigenvalue weighted by Crippen LogP contribution is -2.34. The van der Waals surface area contributed by atoms with Crippen molar-refractivity contribution in [1.29, 1.82) is 0 Å². The summed E-state index contributed by atoms with van der Waals surface area (Å²) in [7, 11) is 4.13. The number of nitrogens with zero attached hydrogens (tertiary/aromatic N) is 4. The highest BCUT2D eigenvalue weighted by Gasteiger charge is 2.33. The van der Waals surface area contributed by atoms with Crippen molar-refractivity contribution in [3.8, 4) is 22.5 Å². The number of hydrogen-bond donors (Lipinski definition) is 1. The lowest BCUT2D eigenvalue weighted by molar-refractivity contribution is 0.0779. The number of benzene rings is 3. The van der Waals surface area contributed by atoms with E-state index < -0.39 is 0 Å². The first-order valence-electron chi connectivity index (χ1n) is 13.1. The molecule has 1 N–H and O–H groups in total.